The van der Waals surface area contributed by atoms with Crippen LogP contribution in [-0.2, 0) is 14.3 Å². The fourth-order valence-corrected chi connectivity index (χ4v) is 2.36. The SMILES string of the molecule is COC(C)CN1C(=O)C(CC(C)C)NC(=O)CC1C. The van der Waals surface area contributed by atoms with Gasteiger partial charge in [0, 0.05) is 26.1 Å². The highest BCUT2D eigenvalue weighted by Crippen LogP contribution is 2.16. The van der Waals surface area contributed by atoms with Gasteiger partial charge < -0.3 is 15.0 Å². The fraction of sp³-hybridized carbons (Fsp3) is 0.857. The molecule has 1 aliphatic rings. The molecule has 5 nitrogen and oxygen atoms in total. The quantitative estimate of drug-likeness (QED) is 0.816. The second-order valence-corrected chi connectivity index (χ2v) is 5.84. The summed E-state index contributed by atoms with van der Waals surface area (Å²) in [5, 5.41) is 2.84. The average Bonchev–Trinajstić information content (AvgIpc) is 2.40. The van der Waals surface area contributed by atoms with E-state index in [0.717, 1.165) is 0 Å². The Labute approximate surface area is 115 Å². The summed E-state index contributed by atoms with van der Waals surface area (Å²) in [6, 6.07) is -0.483. The third kappa shape index (κ3) is 4.49. The molecule has 5 heteroatoms. The molecule has 1 saturated heterocycles. The van der Waals surface area contributed by atoms with E-state index in [2.05, 4.69) is 19.2 Å². The lowest BCUT2D eigenvalue weighted by Crippen LogP contribution is -2.49. The van der Waals surface area contributed by atoms with Crippen LogP contribution in [0.3, 0.4) is 0 Å². The maximum Gasteiger partial charge on any atom is 0.245 e. The van der Waals surface area contributed by atoms with Crippen LogP contribution < -0.4 is 5.32 Å². The Bertz CT molecular complexity index is 331. The van der Waals surface area contributed by atoms with Crippen LogP contribution in [0, 0.1) is 5.92 Å². The zero-order chi connectivity index (χ0) is 14.6. The van der Waals surface area contributed by atoms with Gasteiger partial charge in [-0.15, -0.1) is 0 Å². The molecule has 0 aliphatic carbocycles. The first-order valence-corrected chi connectivity index (χ1v) is 6.97. The van der Waals surface area contributed by atoms with Gasteiger partial charge in [0.15, 0.2) is 0 Å². The summed E-state index contributed by atoms with van der Waals surface area (Å²) in [4.78, 5) is 26.1. The summed E-state index contributed by atoms with van der Waals surface area (Å²) < 4.78 is 5.23. The van der Waals surface area contributed by atoms with Crippen molar-refractivity contribution in [1.29, 1.82) is 0 Å². The van der Waals surface area contributed by atoms with Crippen LogP contribution in [0.25, 0.3) is 0 Å². The van der Waals surface area contributed by atoms with Crippen LogP contribution in [0.4, 0.5) is 0 Å². The maximum absolute atomic E-state index is 12.5. The number of nitrogens with one attached hydrogen (secondary N) is 1. The first-order valence-electron chi connectivity index (χ1n) is 6.97. The van der Waals surface area contributed by atoms with E-state index in [1.165, 1.54) is 0 Å². The molecular formula is C14H26N2O3. The zero-order valence-electron chi connectivity index (χ0n) is 12.6. The van der Waals surface area contributed by atoms with E-state index in [-0.39, 0.29) is 24.0 Å². The standard InChI is InChI=1S/C14H26N2O3/c1-9(2)6-12-14(18)16(8-11(4)19-5)10(3)7-13(17)15-12/h9-12H,6-8H2,1-5H3,(H,15,17). The molecule has 1 N–H and O–H groups in total. The van der Waals surface area contributed by atoms with Crippen molar-refractivity contribution in [3.8, 4) is 0 Å². The van der Waals surface area contributed by atoms with Gasteiger partial charge in [-0.1, -0.05) is 13.8 Å². The van der Waals surface area contributed by atoms with E-state index in [1.807, 2.05) is 13.8 Å². The number of nitrogens with zero attached hydrogens (tertiary/aromatic N) is 1. The third-order valence-electron chi connectivity index (χ3n) is 3.49. The van der Waals surface area contributed by atoms with Gasteiger partial charge in [-0.05, 0) is 26.2 Å². The van der Waals surface area contributed by atoms with Gasteiger partial charge in [-0.25, -0.2) is 0 Å². The van der Waals surface area contributed by atoms with E-state index >= 15 is 0 Å². The van der Waals surface area contributed by atoms with Crippen LogP contribution in [0.2, 0.25) is 0 Å². The number of hydrogen-bond donors (Lipinski definition) is 1. The predicted molar refractivity (Wildman–Crippen MR) is 73.6 cm³/mol. The second-order valence-electron chi connectivity index (χ2n) is 5.84. The van der Waals surface area contributed by atoms with Gasteiger partial charge >= 0.3 is 0 Å². The number of amides is 2. The van der Waals surface area contributed by atoms with E-state index in [9.17, 15) is 9.59 Å². The largest absolute Gasteiger partial charge is 0.380 e. The molecule has 0 saturated carbocycles. The van der Waals surface area contributed by atoms with Crippen molar-refractivity contribution in [3.05, 3.63) is 0 Å². The van der Waals surface area contributed by atoms with E-state index in [0.29, 0.717) is 25.3 Å². The molecular weight excluding hydrogens is 244 g/mol. The first kappa shape index (κ1) is 16.0. The van der Waals surface area contributed by atoms with E-state index in [4.69, 9.17) is 4.74 Å². The van der Waals surface area contributed by atoms with Crippen molar-refractivity contribution in [2.45, 2.75) is 58.7 Å². The summed E-state index contributed by atoms with van der Waals surface area (Å²) in [7, 11) is 1.63. The van der Waals surface area contributed by atoms with E-state index in [1.54, 1.807) is 12.0 Å². The van der Waals surface area contributed by atoms with Crippen molar-refractivity contribution >= 4 is 11.8 Å². The van der Waals surface area contributed by atoms with E-state index < -0.39 is 6.04 Å². The lowest BCUT2D eigenvalue weighted by atomic mass is 10.0. The average molecular weight is 270 g/mol. The predicted octanol–water partition coefficient (Wildman–Crippen LogP) is 1.17. The number of carbonyl (C=O) groups excluding carboxylic acids is 2. The lowest BCUT2D eigenvalue weighted by Gasteiger charge is -2.31. The fourth-order valence-electron chi connectivity index (χ4n) is 2.36. The molecule has 1 rings (SSSR count). The summed E-state index contributed by atoms with van der Waals surface area (Å²) in [6.07, 6.45) is 1.01. The number of carbonyl (C=O) groups is 2. The van der Waals surface area contributed by atoms with Gasteiger partial charge in [0.05, 0.1) is 6.10 Å². The summed E-state index contributed by atoms with van der Waals surface area (Å²) in [6.45, 7) is 8.47. The minimum absolute atomic E-state index is 0.0101. The summed E-state index contributed by atoms with van der Waals surface area (Å²) in [5.74, 6) is 0.333. The van der Waals surface area contributed by atoms with Crippen LogP contribution in [0.15, 0.2) is 0 Å². The molecule has 1 fully saturated rings. The molecule has 3 atom stereocenters. The Balaban J connectivity index is 2.86. The van der Waals surface area contributed by atoms with Gasteiger partial charge in [0.2, 0.25) is 11.8 Å². The Morgan fingerprint density at radius 2 is 2.00 bits per heavy atom. The van der Waals surface area contributed by atoms with Crippen LogP contribution >= 0.6 is 0 Å². The normalized spacial score (nSPS) is 26.3. The maximum atomic E-state index is 12.5. The Morgan fingerprint density at radius 1 is 1.37 bits per heavy atom. The highest BCUT2D eigenvalue weighted by molar-refractivity contribution is 5.90. The van der Waals surface area contributed by atoms with Gasteiger partial charge in [-0.3, -0.25) is 9.59 Å². The second kappa shape index (κ2) is 6.89. The van der Waals surface area contributed by atoms with Gasteiger partial charge in [-0.2, -0.15) is 0 Å². The summed E-state index contributed by atoms with van der Waals surface area (Å²) >= 11 is 0. The molecule has 0 aromatic heterocycles. The zero-order valence-corrected chi connectivity index (χ0v) is 12.6. The van der Waals surface area contributed by atoms with Crippen molar-refractivity contribution in [1.82, 2.24) is 10.2 Å². The molecule has 110 valence electrons. The Morgan fingerprint density at radius 3 is 2.53 bits per heavy atom. The number of methoxy groups -OCH3 is 1. The van der Waals surface area contributed by atoms with Crippen LogP contribution in [-0.4, -0.2) is 48.6 Å². The van der Waals surface area contributed by atoms with Gasteiger partial charge in [0.1, 0.15) is 6.04 Å². The monoisotopic (exact) mass is 270 g/mol. The van der Waals surface area contributed by atoms with Gasteiger partial charge in [0.25, 0.3) is 0 Å². The molecule has 2 amide bonds. The van der Waals surface area contributed by atoms with Crippen molar-refractivity contribution < 1.29 is 14.3 Å². The van der Waals surface area contributed by atoms with Crippen LogP contribution in [0.5, 0.6) is 0 Å². The molecule has 1 aliphatic heterocycles. The Kier molecular flexibility index (Phi) is 5.79. The molecule has 0 aromatic carbocycles. The molecule has 0 radical (unpaired) electrons. The lowest BCUT2D eigenvalue weighted by molar-refractivity contribution is -0.136. The van der Waals surface area contributed by atoms with Crippen molar-refractivity contribution in [2.24, 2.45) is 5.92 Å². The molecule has 0 bridgehead atoms. The topological polar surface area (TPSA) is 58.6 Å². The van der Waals surface area contributed by atoms with Crippen molar-refractivity contribution in [2.75, 3.05) is 13.7 Å². The number of ether oxygens (including phenoxy) is 1. The highest BCUT2D eigenvalue weighted by atomic mass is 16.5. The smallest absolute Gasteiger partial charge is 0.245 e. The number of rotatable bonds is 5. The summed E-state index contributed by atoms with van der Waals surface area (Å²) in [5.41, 5.74) is 0. The molecule has 3 unspecified atom stereocenters. The molecule has 0 spiro atoms. The third-order valence-corrected chi connectivity index (χ3v) is 3.49. The molecule has 1 heterocycles. The minimum Gasteiger partial charge on any atom is -0.380 e. The number of hydrogen-bond acceptors (Lipinski definition) is 3. The first-order chi connectivity index (χ1) is 8.85. The molecule has 19 heavy (non-hydrogen) atoms. The minimum atomic E-state index is -0.401. The molecule has 0 aromatic rings. The van der Waals surface area contributed by atoms with Crippen molar-refractivity contribution in [3.63, 3.8) is 0 Å². The van der Waals surface area contributed by atoms with Crippen LogP contribution in [0.1, 0.15) is 40.5 Å². The highest BCUT2D eigenvalue weighted by Gasteiger charge is 2.34. The Hall–Kier alpha value is -1.10.